The molecule has 0 spiro atoms. The Labute approximate surface area is 441 Å². The van der Waals surface area contributed by atoms with Crippen LogP contribution in [0.1, 0.15) is 254 Å². The molecule has 0 aliphatic rings. The lowest BCUT2D eigenvalue weighted by Gasteiger charge is -2.25. The summed E-state index contributed by atoms with van der Waals surface area (Å²) < 4.78 is 51.4. The number of carbonyl (C=O) groups excluding carboxylic acids is 5. The summed E-state index contributed by atoms with van der Waals surface area (Å²) >= 11 is 1.42. The third-order valence-electron chi connectivity index (χ3n) is 12.0. The van der Waals surface area contributed by atoms with Crippen LogP contribution in [-0.4, -0.2) is 79.7 Å². The highest BCUT2D eigenvalue weighted by molar-refractivity contribution is 7.99. The smallest absolute Gasteiger partial charge is 0.324 e. The van der Waals surface area contributed by atoms with Crippen LogP contribution in [0.5, 0.6) is 0 Å². The van der Waals surface area contributed by atoms with Crippen LogP contribution in [0.2, 0.25) is 0 Å². The number of sulfonamides is 1. The molecule has 0 radical (unpaired) electrons. The summed E-state index contributed by atoms with van der Waals surface area (Å²) in [5, 5.41) is 2.78. The molecular weight excluding hydrogens is 953 g/mol. The average Bonchev–Trinajstić information content (AvgIpc) is 3.30. The van der Waals surface area contributed by atoms with Crippen molar-refractivity contribution in [2.75, 3.05) is 23.4 Å². The zero-order valence-electron chi connectivity index (χ0n) is 46.3. The van der Waals surface area contributed by atoms with Crippen LogP contribution in [-0.2, 0) is 52.9 Å². The van der Waals surface area contributed by atoms with Gasteiger partial charge in [-0.25, -0.2) is 8.42 Å². The number of anilines is 1. The maximum atomic E-state index is 13.4. The highest BCUT2D eigenvalue weighted by atomic mass is 32.2. The van der Waals surface area contributed by atoms with Crippen LogP contribution in [0.25, 0.3) is 0 Å². The summed E-state index contributed by atoms with van der Waals surface area (Å²) in [6.07, 6.45) is 31.4. The molecule has 0 saturated carbocycles. The first-order chi connectivity index (χ1) is 34.2. The summed E-state index contributed by atoms with van der Waals surface area (Å²) in [4.78, 5) is 63.9. The molecule has 0 aromatic heterocycles. The lowest BCUT2D eigenvalue weighted by atomic mass is 10.0. The summed E-state index contributed by atoms with van der Waals surface area (Å²) in [6.45, 7) is 14.6. The van der Waals surface area contributed by atoms with E-state index in [0.29, 0.717) is 30.0 Å². The lowest BCUT2D eigenvalue weighted by molar-refractivity contribution is -0.158. The Morgan fingerprint density at radius 2 is 0.972 bits per heavy atom. The standard InChI is InChI=1S/C57H100N2O11S2/c1-9-11-13-15-17-19-21-23-25-27-29-31-33-35-52(61)67-45-48(68-53(62)36-34-32-30-28-26-24-22-20-18-16-14-12-10-2)46-71-44-43-51(60)58-47-37-39-49(40-38-47)72(65,66)59-50(55(64)70-57(6,7)8)41-42-54(63)69-56(3,4)5/h37-40,48,50,59H,9-36,41-46H2,1-8H3,(H,58,60)/t48?,50-/m0/s1. The number of rotatable bonds is 44. The van der Waals surface area contributed by atoms with Gasteiger partial charge in [0.1, 0.15) is 30.0 Å². The minimum atomic E-state index is -4.25. The van der Waals surface area contributed by atoms with E-state index in [-0.39, 0.29) is 48.6 Å². The molecule has 1 unspecified atom stereocenters. The number of thioether (sulfide) groups is 1. The second kappa shape index (κ2) is 40.2. The maximum absolute atomic E-state index is 13.4. The first kappa shape index (κ1) is 66.8. The Morgan fingerprint density at radius 1 is 0.542 bits per heavy atom. The van der Waals surface area contributed by atoms with E-state index < -0.39 is 45.3 Å². The van der Waals surface area contributed by atoms with Gasteiger partial charge < -0.3 is 24.3 Å². The van der Waals surface area contributed by atoms with Gasteiger partial charge in [0.2, 0.25) is 15.9 Å². The van der Waals surface area contributed by atoms with Crippen LogP contribution >= 0.6 is 11.8 Å². The van der Waals surface area contributed by atoms with Gasteiger partial charge in [-0.3, -0.25) is 24.0 Å². The highest BCUT2D eigenvalue weighted by Gasteiger charge is 2.31. The molecule has 72 heavy (non-hydrogen) atoms. The van der Waals surface area contributed by atoms with Gasteiger partial charge in [-0.2, -0.15) is 16.5 Å². The van der Waals surface area contributed by atoms with Gasteiger partial charge in [0.25, 0.3) is 0 Å². The fraction of sp³-hybridized carbons (Fsp3) is 0.807. The molecule has 2 atom stereocenters. The summed E-state index contributed by atoms with van der Waals surface area (Å²) in [5.41, 5.74) is -1.28. The van der Waals surface area contributed by atoms with Crippen molar-refractivity contribution < 1.29 is 51.3 Å². The molecule has 13 nitrogen and oxygen atoms in total. The monoisotopic (exact) mass is 1050 g/mol. The van der Waals surface area contributed by atoms with E-state index in [1.54, 1.807) is 41.5 Å². The normalized spacial score (nSPS) is 12.8. The van der Waals surface area contributed by atoms with Crippen LogP contribution in [0.4, 0.5) is 5.69 Å². The van der Waals surface area contributed by atoms with Gasteiger partial charge in [-0.15, -0.1) is 0 Å². The number of unbranched alkanes of at least 4 members (excludes halogenated alkanes) is 24. The van der Waals surface area contributed by atoms with E-state index in [1.807, 2.05) is 0 Å². The average molecular weight is 1050 g/mol. The molecule has 1 aromatic carbocycles. The minimum Gasteiger partial charge on any atom is -0.462 e. The van der Waals surface area contributed by atoms with Crippen molar-refractivity contribution >= 4 is 57.3 Å². The SMILES string of the molecule is CCCCCCCCCCCCCCCC(=O)OCC(CSCCC(=O)Nc1ccc(S(=O)(=O)N[C@@H](CCC(=O)OC(C)(C)C)C(=O)OC(C)(C)C)cc1)OC(=O)CCCCCCCCCCCCCCC. The van der Waals surface area contributed by atoms with E-state index in [9.17, 15) is 32.4 Å². The van der Waals surface area contributed by atoms with Crippen LogP contribution in [0, 0.1) is 0 Å². The van der Waals surface area contributed by atoms with Gasteiger partial charge in [0.15, 0.2) is 0 Å². The topological polar surface area (TPSA) is 180 Å². The quantitative estimate of drug-likeness (QED) is 0.0359. The van der Waals surface area contributed by atoms with E-state index in [0.717, 1.165) is 38.5 Å². The van der Waals surface area contributed by atoms with Gasteiger partial charge in [0, 0.05) is 42.9 Å². The van der Waals surface area contributed by atoms with E-state index >= 15 is 0 Å². The second-order valence-electron chi connectivity index (χ2n) is 21.5. The molecule has 1 amide bonds. The number of benzene rings is 1. The highest BCUT2D eigenvalue weighted by Crippen LogP contribution is 2.21. The molecule has 416 valence electrons. The van der Waals surface area contributed by atoms with E-state index in [1.165, 1.54) is 164 Å². The van der Waals surface area contributed by atoms with E-state index in [4.69, 9.17) is 18.9 Å². The number of hydrogen-bond donors (Lipinski definition) is 2. The third-order valence-corrected chi connectivity index (χ3v) is 14.6. The number of hydrogen-bond acceptors (Lipinski definition) is 12. The van der Waals surface area contributed by atoms with Gasteiger partial charge in [-0.1, -0.05) is 168 Å². The van der Waals surface area contributed by atoms with Crippen molar-refractivity contribution in [1.29, 1.82) is 0 Å². The number of nitrogens with one attached hydrogen (secondary N) is 2. The summed E-state index contributed by atoms with van der Waals surface area (Å²) in [6, 6.07) is 4.16. The van der Waals surface area contributed by atoms with E-state index in [2.05, 4.69) is 23.9 Å². The van der Waals surface area contributed by atoms with Crippen molar-refractivity contribution in [3.8, 4) is 0 Å². The fourth-order valence-corrected chi connectivity index (χ4v) is 10.2. The third kappa shape index (κ3) is 38.4. The van der Waals surface area contributed by atoms with Crippen molar-refractivity contribution in [1.82, 2.24) is 4.72 Å². The summed E-state index contributed by atoms with van der Waals surface area (Å²) in [7, 11) is -4.25. The molecule has 0 aliphatic heterocycles. The first-order valence-electron chi connectivity index (χ1n) is 28.0. The Kier molecular flexibility index (Phi) is 37.3. The van der Waals surface area contributed by atoms with Crippen LogP contribution in [0.3, 0.4) is 0 Å². The van der Waals surface area contributed by atoms with Crippen molar-refractivity contribution in [2.24, 2.45) is 0 Å². The van der Waals surface area contributed by atoms with Gasteiger partial charge >= 0.3 is 23.9 Å². The van der Waals surface area contributed by atoms with Crippen molar-refractivity contribution in [2.45, 2.75) is 283 Å². The fourth-order valence-electron chi connectivity index (χ4n) is 8.02. The molecule has 0 bridgehead atoms. The first-order valence-corrected chi connectivity index (χ1v) is 30.7. The van der Waals surface area contributed by atoms with Gasteiger partial charge in [-0.05, 0) is 85.1 Å². The molecule has 0 aliphatic carbocycles. The predicted molar refractivity (Wildman–Crippen MR) is 294 cm³/mol. The Hall–Kier alpha value is -3.17. The predicted octanol–water partition coefficient (Wildman–Crippen LogP) is 14.3. The molecule has 1 rings (SSSR count). The molecule has 2 N–H and O–H groups in total. The zero-order valence-corrected chi connectivity index (χ0v) is 47.9. The zero-order chi connectivity index (χ0) is 53.5. The number of carbonyl (C=O) groups is 5. The summed E-state index contributed by atoms with van der Waals surface area (Å²) in [5.74, 6) is -1.56. The minimum absolute atomic E-state index is 0.0345. The molecule has 0 saturated heterocycles. The van der Waals surface area contributed by atoms with Crippen LogP contribution in [0.15, 0.2) is 29.2 Å². The second-order valence-corrected chi connectivity index (χ2v) is 24.4. The number of esters is 4. The van der Waals surface area contributed by atoms with Crippen molar-refractivity contribution in [3.63, 3.8) is 0 Å². The van der Waals surface area contributed by atoms with Gasteiger partial charge in [0.05, 0.1) is 4.90 Å². The molecular formula is C57H100N2O11S2. The molecule has 1 aromatic rings. The molecule has 0 fully saturated rings. The molecule has 0 heterocycles. The Bertz CT molecular complexity index is 1730. The number of ether oxygens (including phenoxy) is 4. The van der Waals surface area contributed by atoms with Crippen LogP contribution < -0.4 is 10.0 Å². The number of amides is 1. The maximum Gasteiger partial charge on any atom is 0.324 e. The largest absolute Gasteiger partial charge is 0.462 e. The Morgan fingerprint density at radius 3 is 1.42 bits per heavy atom. The Balaban J connectivity index is 2.67. The lowest BCUT2D eigenvalue weighted by Crippen LogP contribution is -2.44. The van der Waals surface area contributed by atoms with Crippen molar-refractivity contribution in [3.05, 3.63) is 24.3 Å². The molecule has 15 heteroatoms.